The zero-order valence-electron chi connectivity index (χ0n) is 10.7. The van der Waals surface area contributed by atoms with Gasteiger partial charge >= 0.3 is 0 Å². The van der Waals surface area contributed by atoms with E-state index in [1.807, 2.05) is 61.6 Å². The maximum atomic E-state index is 11.9. The van der Waals surface area contributed by atoms with E-state index in [1.165, 1.54) is 0 Å². The molecule has 2 aromatic carbocycles. The Morgan fingerprint density at radius 1 is 1.00 bits per heavy atom. The third-order valence-corrected chi connectivity index (χ3v) is 3.05. The number of carbonyl (C=O) groups excluding carboxylic acids is 1. The van der Waals surface area contributed by atoms with Gasteiger partial charge in [0.1, 0.15) is 5.78 Å². The van der Waals surface area contributed by atoms with E-state index in [0.29, 0.717) is 0 Å². The van der Waals surface area contributed by atoms with Crippen LogP contribution in [0.3, 0.4) is 0 Å². The lowest BCUT2D eigenvalue weighted by Gasteiger charge is -2.15. The third kappa shape index (κ3) is 2.59. The molecule has 1 atom stereocenters. The second-order valence-corrected chi connectivity index (χ2v) is 4.33. The SMILES string of the molecule is CNc1cccc(C(C(C)=O)c2ccccc2)c1. The van der Waals surface area contributed by atoms with E-state index in [9.17, 15) is 4.79 Å². The molecule has 2 heteroatoms. The summed E-state index contributed by atoms with van der Waals surface area (Å²) in [6.45, 7) is 1.64. The first kappa shape index (κ1) is 12.4. The van der Waals surface area contributed by atoms with Crippen molar-refractivity contribution in [3.05, 3.63) is 65.7 Å². The van der Waals surface area contributed by atoms with E-state index in [0.717, 1.165) is 16.8 Å². The summed E-state index contributed by atoms with van der Waals surface area (Å²) < 4.78 is 0. The summed E-state index contributed by atoms with van der Waals surface area (Å²) in [5.74, 6) is -0.0195. The van der Waals surface area contributed by atoms with Crippen molar-refractivity contribution in [3.63, 3.8) is 0 Å². The Bertz CT molecular complexity index is 534. The number of ketones is 1. The van der Waals surface area contributed by atoms with Crippen LogP contribution in [0.15, 0.2) is 54.6 Å². The van der Waals surface area contributed by atoms with E-state index in [2.05, 4.69) is 5.32 Å². The summed E-state index contributed by atoms with van der Waals surface area (Å²) in [4.78, 5) is 11.9. The summed E-state index contributed by atoms with van der Waals surface area (Å²) in [7, 11) is 1.88. The first-order valence-electron chi connectivity index (χ1n) is 6.05. The molecule has 0 saturated carbocycles. The topological polar surface area (TPSA) is 29.1 Å². The minimum Gasteiger partial charge on any atom is -0.388 e. The van der Waals surface area contributed by atoms with Gasteiger partial charge < -0.3 is 5.32 Å². The highest BCUT2D eigenvalue weighted by atomic mass is 16.1. The molecule has 0 radical (unpaired) electrons. The largest absolute Gasteiger partial charge is 0.388 e. The van der Waals surface area contributed by atoms with Crippen LogP contribution in [0, 0.1) is 0 Å². The lowest BCUT2D eigenvalue weighted by molar-refractivity contribution is -0.117. The summed E-state index contributed by atoms with van der Waals surface area (Å²) in [5.41, 5.74) is 3.09. The molecule has 0 aromatic heterocycles. The maximum Gasteiger partial charge on any atom is 0.141 e. The maximum absolute atomic E-state index is 11.9. The number of rotatable bonds is 4. The van der Waals surface area contributed by atoms with Crippen molar-refractivity contribution in [3.8, 4) is 0 Å². The third-order valence-electron chi connectivity index (χ3n) is 3.05. The van der Waals surface area contributed by atoms with Crippen LogP contribution in [-0.2, 0) is 4.79 Å². The summed E-state index contributed by atoms with van der Waals surface area (Å²) in [6.07, 6.45) is 0. The highest BCUT2D eigenvalue weighted by Crippen LogP contribution is 2.27. The second-order valence-electron chi connectivity index (χ2n) is 4.33. The molecular weight excluding hydrogens is 222 g/mol. The van der Waals surface area contributed by atoms with E-state index in [1.54, 1.807) is 6.92 Å². The van der Waals surface area contributed by atoms with Gasteiger partial charge in [0.15, 0.2) is 0 Å². The molecule has 0 aliphatic carbocycles. The highest BCUT2D eigenvalue weighted by molar-refractivity contribution is 5.87. The molecule has 0 bridgehead atoms. The van der Waals surface area contributed by atoms with Crippen LogP contribution in [0.2, 0.25) is 0 Å². The Balaban J connectivity index is 2.45. The van der Waals surface area contributed by atoms with Crippen molar-refractivity contribution in [2.24, 2.45) is 0 Å². The fourth-order valence-electron chi connectivity index (χ4n) is 2.18. The minimum absolute atomic E-state index is 0.162. The molecule has 0 spiro atoms. The highest BCUT2D eigenvalue weighted by Gasteiger charge is 2.18. The lowest BCUT2D eigenvalue weighted by atomic mass is 9.88. The Morgan fingerprint density at radius 3 is 2.28 bits per heavy atom. The second kappa shape index (κ2) is 5.50. The van der Waals surface area contributed by atoms with Crippen molar-refractivity contribution >= 4 is 11.5 Å². The number of anilines is 1. The quantitative estimate of drug-likeness (QED) is 0.885. The predicted octanol–water partition coefficient (Wildman–Crippen LogP) is 3.45. The number of nitrogens with one attached hydrogen (secondary N) is 1. The standard InChI is InChI=1S/C16H17NO/c1-12(18)16(13-7-4-3-5-8-13)14-9-6-10-15(11-14)17-2/h3-11,16-17H,1-2H3. The predicted molar refractivity (Wildman–Crippen MR) is 75.0 cm³/mol. The van der Waals surface area contributed by atoms with Gasteiger partial charge in [-0.1, -0.05) is 42.5 Å². The van der Waals surface area contributed by atoms with E-state index >= 15 is 0 Å². The van der Waals surface area contributed by atoms with Gasteiger partial charge in [-0.3, -0.25) is 4.79 Å². The molecule has 0 fully saturated rings. The Hall–Kier alpha value is -2.09. The van der Waals surface area contributed by atoms with Crippen molar-refractivity contribution < 1.29 is 4.79 Å². The number of benzene rings is 2. The smallest absolute Gasteiger partial charge is 0.141 e. The number of hydrogen-bond acceptors (Lipinski definition) is 2. The molecular formula is C16H17NO. The summed E-state index contributed by atoms with van der Waals surface area (Å²) >= 11 is 0. The minimum atomic E-state index is -0.181. The van der Waals surface area contributed by atoms with Crippen LogP contribution >= 0.6 is 0 Å². The summed E-state index contributed by atoms with van der Waals surface area (Å²) in [5, 5.41) is 3.10. The van der Waals surface area contributed by atoms with Crippen molar-refractivity contribution in [2.45, 2.75) is 12.8 Å². The van der Waals surface area contributed by atoms with Gasteiger partial charge in [0, 0.05) is 12.7 Å². The Kier molecular flexibility index (Phi) is 3.78. The van der Waals surface area contributed by atoms with Gasteiger partial charge in [0.25, 0.3) is 0 Å². The van der Waals surface area contributed by atoms with Crippen LogP contribution in [-0.4, -0.2) is 12.8 Å². The Labute approximate surface area is 108 Å². The van der Waals surface area contributed by atoms with Crippen molar-refractivity contribution in [1.29, 1.82) is 0 Å². The van der Waals surface area contributed by atoms with Crippen LogP contribution in [0.4, 0.5) is 5.69 Å². The zero-order chi connectivity index (χ0) is 13.0. The zero-order valence-corrected chi connectivity index (χ0v) is 10.7. The molecule has 0 saturated heterocycles. The van der Waals surface area contributed by atoms with Crippen LogP contribution in [0.5, 0.6) is 0 Å². The van der Waals surface area contributed by atoms with Crippen LogP contribution in [0.25, 0.3) is 0 Å². The molecule has 2 aromatic rings. The monoisotopic (exact) mass is 239 g/mol. The molecule has 1 unspecified atom stereocenters. The van der Waals surface area contributed by atoms with Crippen LogP contribution < -0.4 is 5.32 Å². The van der Waals surface area contributed by atoms with Crippen molar-refractivity contribution in [1.82, 2.24) is 0 Å². The van der Waals surface area contributed by atoms with Gasteiger partial charge in [-0.25, -0.2) is 0 Å². The fraction of sp³-hybridized carbons (Fsp3) is 0.188. The molecule has 0 amide bonds. The number of Topliss-reactive ketones (excluding diaryl/α,β-unsaturated/α-hetero) is 1. The first-order chi connectivity index (χ1) is 8.72. The molecule has 0 heterocycles. The molecule has 0 aliphatic heterocycles. The molecule has 2 rings (SSSR count). The van der Waals surface area contributed by atoms with Gasteiger partial charge in [0.2, 0.25) is 0 Å². The number of carbonyl (C=O) groups is 1. The van der Waals surface area contributed by atoms with Gasteiger partial charge in [-0.2, -0.15) is 0 Å². The number of hydrogen-bond donors (Lipinski definition) is 1. The normalized spacial score (nSPS) is 11.9. The molecule has 18 heavy (non-hydrogen) atoms. The van der Waals surface area contributed by atoms with Crippen LogP contribution in [0.1, 0.15) is 24.0 Å². The molecule has 92 valence electrons. The molecule has 2 nitrogen and oxygen atoms in total. The summed E-state index contributed by atoms with van der Waals surface area (Å²) in [6, 6.07) is 17.9. The average Bonchev–Trinajstić information content (AvgIpc) is 2.40. The average molecular weight is 239 g/mol. The van der Waals surface area contributed by atoms with E-state index < -0.39 is 0 Å². The Morgan fingerprint density at radius 2 is 1.67 bits per heavy atom. The van der Waals surface area contributed by atoms with Gasteiger partial charge in [-0.15, -0.1) is 0 Å². The van der Waals surface area contributed by atoms with Crippen molar-refractivity contribution in [2.75, 3.05) is 12.4 Å². The van der Waals surface area contributed by atoms with E-state index in [-0.39, 0.29) is 11.7 Å². The van der Waals surface area contributed by atoms with Gasteiger partial charge in [-0.05, 0) is 30.2 Å². The lowest BCUT2D eigenvalue weighted by Crippen LogP contribution is -2.10. The molecule has 1 N–H and O–H groups in total. The fourth-order valence-corrected chi connectivity index (χ4v) is 2.18. The van der Waals surface area contributed by atoms with Gasteiger partial charge in [0.05, 0.1) is 5.92 Å². The first-order valence-corrected chi connectivity index (χ1v) is 6.05. The van der Waals surface area contributed by atoms with E-state index in [4.69, 9.17) is 0 Å². The molecule has 0 aliphatic rings.